The fourth-order valence-corrected chi connectivity index (χ4v) is 10.8. The molecule has 3 fully saturated rings. The minimum absolute atomic E-state index is 0.101. The Labute approximate surface area is 337 Å². The van der Waals surface area contributed by atoms with Gasteiger partial charge in [-0.25, -0.2) is 4.39 Å². The van der Waals surface area contributed by atoms with Crippen LogP contribution in [-0.2, 0) is 19.7 Å². The van der Waals surface area contributed by atoms with Gasteiger partial charge in [-0.05, 0) is 84.4 Å². The number of aliphatic hydroxyl groups is 2. The van der Waals surface area contributed by atoms with E-state index < -0.39 is 52.8 Å². The third-order valence-corrected chi connectivity index (χ3v) is 13.7. The van der Waals surface area contributed by atoms with E-state index in [9.17, 15) is 10.2 Å². The van der Waals surface area contributed by atoms with Gasteiger partial charge in [0.15, 0.2) is 0 Å². The molecule has 0 radical (unpaired) electrons. The number of rotatable bonds is 8. The fourth-order valence-electron chi connectivity index (χ4n) is 10.4. The molecular formula is C45H48Cl2FN3O5. The molecule has 2 saturated heterocycles. The van der Waals surface area contributed by atoms with Crippen LogP contribution in [0, 0.1) is 11.2 Å². The molecule has 8 nitrogen and oxygen atoms in total. The Balaban J connectivity index is 1.46. The van der Waals surface area contributed by atoms with E-state index in [-0.39, 0.29) is 41.2 Å². The maximum absolute atomic E-state index is 17.1. The summed E-state index contributed by atoms with van der Waals surface area (Å²) in [6, 6.07) is 26.6. The smallest absolute Gasteiger partial charge is 0.238 e. The first kappa shape index (κ1) is 39.0. The summed E-state index contributed by atoms with van der Waals surface area (Å²) in [6.45, 7) is 4.48. The lowest BCUT2D eigenvalue weighted by Gasteiger charge is -2.56. The largest absolute Gasteiger partial charge is 0.394 e. The van der Waals surface area contributed by atoms with Gasteiger partial charge in [0, 0.05) is 22.2 Å². The SMILES string of the molecule is CC1(C)CCC2(CC1)N([C@H](c1ccccc1)[C@@H](O)c1ccccc1)[C@@H](C(=O)NC1CC[C@@H](CO)OC1)[C@H](c1cccc(Cl)c1F)[C@]21C(=O)Nc2cc(Cl)ccc21. The predicted octanol–water partition coefficient (Wildman–Crippen LogP) is 8.26. The highest BCUT2D eigenvalue weighted by atomic mass is 35.5. The van der Waals surface area contributed by atoms with E-state index >= 15 is 14.0 Å². The van der Waals surface area contributed by atoms with Crippen molar-refractivity contribution in [2.45, 2.75) is 99.6 Å². The van der Waals surface area contributed by atoms with Crippen molar-refractivity contribution >= 4 is 40.7 Å². The van der Waals surface area contributed by atoms with Gasteiger partial charge in [0.05, 0.1) is 48.6 Å². The lowest BCUT2D eigenvalue weighted by atomic mass is 9.53. The van der Waals surface area contributed by atoms with Crippen molar-refractivity contribution in [1.82, 2.24) is 10.2 Å². The molecule has 2 amide bonds. The molecule has 8 rings (SSSR count). The number of nitrogens with one attached hydrogen (secondary N) is 2. The summed E-state index contributed by atoms with van der Waals surface area (Å²) in [6.07, 6.45) is 1.93. The number of hydrogen-bond acceptors (Lipinski definition) is 6. The summed E-state index contributed by atoms with van der Waals surface area (Å²) in [5.74, 6) is -2.59. The van der Waals surface area contributed by atoms with Crippen LogP contribution in [0.4, 0.5) is 10.1 Å². The molecule has 1 saturated carbocycles. The molecule has 1 aliphatic carbocycles. The van der Waals surface area contributed by atoms with Gasteiger partial charge in [0.25, 0.3) is 0 Å². The number of anilines is 1. The molecule has 2 spiro atoms. The number of halogens is 3. The monoisotopic (exact) mass is 799 g/mol. The molecule has 1 unspecified atom stereocenters. The second kappa shape index (κ2) is 15.2. The van der Waals surface area contributed by atoms with Crippen molar-refractivity contribution in [3.63, 3.8) is 0 Å². The minimum atomic E-state index is -1.55. The zero-order valence-corrected chi connectivity index (χ0v) is 33.1. The van der Waals surface area contributed by atoms with Crippen molar-refractivity contribution in [3.05, 3.63) is 135 Å². The normalized spacial score (nSPS) is 27.8. The van der Waals surface area contributed by atoms with E-state index in [1.54, 1.807) is 24.3 Å². The maximum Gasteiger partial charge on any atom is 0.238 e. The van der Waals surface area contributed by atoms with Crippen LogP contribution in [0.2, 0.25) is 10.0 Å². The van der Waals surface area contributed by atoms with E-state index in [0.29, 0.717) is 60.4 Å². The van der Waals surface area contributed by atoms with Gasteiger partial charge in [-0.15, -0.1) is 0 Å². The molecule has 294 valence electrons. The second-order valence-electron chi connectivity index (χ2n) is 16.8. The lowest BCUT2D eigenvalue weighted by molar-refractivity contribution is -0.138. The molecule has 0 aromatic heterocycles. The standard InChI is InChI=1S/C45H48Cl2FN3O5/c1-43(2)20-22-44(23-21-43)45(33-19-16-29(46)24-35(33)50-42(45)55)36(32-14-9-15-34(47)37(32)48)39(41(54)49-30-17-18-31(25-52)56-26-30)51(44)38(27-10-5-3-6-11-27)40(53)28-12-7-4-8-13-28/h3-16,19,24,30-31,36,38-40,52-53H,17-18,20-23,25-26H2,1-2H3,(H,49,54)(H,50,55)/t30?,31-,36-,38+,39+,40-,45+/m0/s1. The summed E-state index contributed by atoms with van der Waals surface area (Å²) in [4.78, 5) is 33.4. The number of carbonyl (C=O) groups is 2. The second-order valence-corrected chi connectivity index (χ2v) is 17.6. The summed E-state index contributed by atoms with van der Waals surface area (Å²) >= 11 is 13.2. The number of benzene rings is 4. The Bertz CT molecular complexity index is 2090. The Morgan fingerprint density at radius 2 is 1.62 bits per heavy atom. The first-order valence-electron chi connectivity index (χ1n) is 19.6. The zero-order chi connectivity index (χ0) is 39.4. The lowest BCUT2D eigenvalue weighted by Crippen LogP contribution is -2.64. The highest BCUT2D eigenvalue weighted by molar-refractivity contribution is 6.31. The third kappa shape index (κ3) is 6.35. The van der Waals surface area contributed by atoms with E-state index in [0.717, 1.165) is 5.56 Å². The molecule has 3 heterocycles. The summed E-state index contributed by atoms with van der Waals surface area (Å²) in [5, 5.41) is 29.4. The number of hydrogen-bond donors (Lipinski definition) is 4. The molecule has 4 aromatic carbocycles. The van der Waals surface area contributed by atoms with Gasteiger partial charge in [-0.3, -0.25) is 14.5 Å². The van der Waals surface area contributed by atoms with Crippen LogP contribution in [-0.4, -0.2) is 63.9 Å². The van der Waals surface area contributed by atoms with Gasteiger partial charge < -0.3 is 25.6 Å². The zero-order valence-electron chi connectivity index (χ0n) is 31.6. The van der Waals surface area contributed by atoms with Gasteiger partial charge in [0.2, 0.25) is 11.8 Å². The Morgan fingerprint density at radius 3 is 2.27 bits per heavy atom. The van der Waals surface area contributed by atoms with Crippen LogP contribution in [0.25, 0.3) is 0 Å². The number of aliphatic hydroxyl groups excluding tert-OH is 2. The molecule has 3 aliphatic heterocycles. The highest BCUT2D eigenvalue weighted by Gasteiger charge is 2.77. The Hall–Kier alpha value is -3.83. The summed E-state index contributed by atoms with van der Waals surface area (Å²) in [7, 11) is 0. The van der Waals surface area contributed by atoms with E-state index in [1.807, 2.05) is 66.7 Å². The van der Waals surface area contributed by atoms with Crippen LogP contribution >= 0.6 is 23.2 Å². The summed E-state index contributed by atoms with van der Waals surface area (Å²) in [5.41, 5.74) is -0.133. The molecule has 4 N–H and O–H groups in total. The first-order chi connectivity index (χ1) is 26.9. The number of likely N-dealkylation sites (tertiary alicyclic amines) is 1. The van der Waals surface area contributed by atoms with E-state index in [1.165, 1.54) is 6.07 Å². The van der Waals surface area contributed by atoms with E-state index in [2.05, 4.69) is 29.4 Å². The summed E-state index contributed by atoms with van der Waals surface area (Å²) < 4.78 is 23.0. The topological polar surface area (TPSA) is 111 Å². The van der Waals surface area contributed by atoms with Crippen LogP contribution in [0.3, 0.4) is 0 Å². The highest BCUT2D eigenvalue weighted by Crippen LogP contribution is 2.70. The molecule has 11 heteroatoms. The third-order valence-electron chi connectivity index (χ3n) is 13.1. The molecular weight excluding hydrogens is 752 g/mol. The molecule has 4 aliphatic rings. The molecule has 0 bridgehead atoms. The van der Waals surface area contributed by atoms with Crippen molar-refractivity contribution < 1.29 is 28.9 Å². The van der Waals surface area contributed by atoms with Crippen molar-refractivity contribution in [2.24, 2.45) is 5.41 Å². The molecule has 56 heavy (non-hydrogen) atoms. The van der Waals surface area contributed by atoms with Crippen LogP contribution < -0.4 is 10.6 Å². The van der Waals surface area contributed by atoms with Gasteiger partial charge in [-0.2, -0.15) is 0 Å². The molecule has 7 atom stereocenters. The number of nitrogens with zero attached hydrogens (tertiary/aromatic N) is 1. The average Bonchev–Trinajstić information content (AvgIpc) is 3.63. The van der Waals surface area contributed by atoms with Crippen molar-refractivity contribution in [1.29, 1.82) is 0 Å². The first-order valence-corrected chi connectivity index (χ1v) is 20.3. The van der Waals surface area contributed by atoms with Gasteiger partial charge >= 0.3 is 0 Å². The molecule has 4 aromatic rings. The Kier molecular flexibility index (Phi) is 10.6. The Morgan fingerprint density at radius 1 is 0.946 bits per heavy atom. The number of amides is 2. The number of ether oxygens (including phenoxy) is 1. The van der Waals surface area contributed by atoms with Crippen LogP contribution in [0.15, 0.2) is 97.1 Å². The van der Waals surface area contributed by atoms with Gasteiger partial charge in [-0.1, -0.05) is 116 Å². The van der Waals surface area contributed by atoms with Crippen molar-refractivity contribution in [3.8, 4) is 0 Å². The quantitative estimate of drug-likeness (QED) is 0.143. The minimum Gasteiger partial charge on any atom is -0.394 e. The predicted molar refractivity (Wildman–Crippen MR) is 215 cm³/mol. The van der Waals surface area contributed by atoms with Crippen molar-refractivity contribution in [2.75, 3.05) is 18.5 Å². The van der Waals surface area contributed by atoms with Crippen LogP contribution in [0.1, 0.15) is 92.7 Å². The number of carbonyl (C=O) groups excluding carboxylic acids is 2. The average molecular weight is 801 g/mol. The number of fused-ring (bicyclic) bond motifs is 3. The van der Waals surface area contributed by atoms with Crippen LogP contribution in [0.5, 0.6) is 0 Å². The fraction of sp³-hybridized carbons (Fsp3) is 0.422. The maximum atomic E-state index is 17.1. The van der Waals surface area contributed by atoms with Gasteiger partial charge in [0.1, 0.15) is 11.2 Å². The van der Waals surface area contributed by atoms with E-state index in [4.69, 9.17) is 27.9 Å².